The quantitative estimate of drug-likeness (QED) is 0.191. The summed E-state index contributed by atoms with van der Waals surface area (Å²) in [6.07, 6.45) is 1.60. The van der Waals surface area contributed by atoms with Gasteiger partial charge in [-0.05, 0) is 66.0 Å². The largest absolute Gasteiger partial charge is 0.733 e. The van der Waals surface area contributed by atoms with Gasteiger partial charge in [-0.15, -0.1) is 0 Å². The van der Waals surface area contributed by atoms with Crippen LogP contribution in [0.25, 0.3) is 10.8 Å². The number of methoxy groups -OCH3 is 4. The zero-order chi connectivity index (χ0) is 27.2. The van der Waals surface area contributed by atoms with Gasteiger partial charge in [0.2, 0.25) is 0 Å². The highest BCUT2D eigenvalue weighted by atomic mass is 16.8. The van der Waals surface area contributed by atoms with E-state index in [1.807, 2.05) is 0 Å². The van der Waals surface area contributed by atoms with Crippen LogP contribution in [0.3, 0.4) is 0 Å². The molecule has 0 fully saturated rings. The molecule has 0 spiro atoms. The summed E-state index contributed by atoms with van der Waals surface area (Å²) < 4.78 is 21.7. The van der Waals surface area contributed by atoms with E-state index in [9.17, 15) is 10.0 Å². The third-order valence-electron chi connectivity index (χ3n) is 5.69. The van der Waals surface area contributed by atoms with Crippen LogP contribution < -0.4 is 24.2 Å². The molecule has 11 nitrogen and oxygen atoms in total. The Balaban J connectivity index is 1.84. The number of pyridine rings is 1. The van der Waals surface area contributed by atoms with Crippen molar-refractivity contribution in [1.29, 1.82) is 0 Å². The average molecular weight is 519 g/mol. The van der Waals surface area contributed by atoms with Gasteiger partial charge >= 0.3 is 5.97 Å². The zero-order valence-corrected chi connectivity index (χ0v) is 21.0. The summed E-state index contributed by atoms with van der Waals surface area (Å²) in [6.45, 7) is 0. The maximum absolute atomic E-state index is 12.8. The minimum atomic E-state index is -0.788. The summed E-state index contributed by atoms with van der Waals surface area (Å²) in [5, 5.41) is 25.4. The highest BCUT2D eigenvalue weighted by molar-refractivity contribution is 6.18. The van der Waals surface area contributed by atoms with Crippen molar-refractivity contribution in [3.05, 3.63) is 88.9 Å². The van der Waals surface area contributed by atoms with Gasteiger partial charge in [0.25, 0.3) is 0 Å². The van der Waals surface area contributed by atoms with Gasteiger partial charge in [0, 0.05) is 17.1 Å². The second-order valence-electron chi connectivity index (χ2n) is 7.80. The molecule has 11 heteroatoms. The van der Waals surface area contributed by atoms with Crippen LogP contribution >= 0.6 is 0 Å². The van der Waals surface area contributed by atoms with Gasteiger partial charge in [0.15, 0.2) is 23.0 Å². The number of oxime groups is 1. The molecule has 0 radical (unpaired) electrons. The summed E-state index contributed by atoms with van der Waals surface area (Å²) in [5.41, 5.74) is 1.24. The van der Waals surface area contributed by atoms with Crippen LogP contribution in [0.2, 0.25) is 0 Å². The SMILES string of the molecule is COc1ccc(C(=NOC(=O)c2ccc(N([O-])O)cc2)c2nccc3cc(OC)c(OC)cc23)cc1OC. The van der Waals surface area contributed by atoms with Gasteiger partial charge in [-0.1, -0.05) is 5.16 Å². The number of hydrogen-bond acceptors (Lipinski definition) is 11. The zero-order valence-electron chi connectivity index (χ0n) is 21.0. The third-order valence-corrected chi connectivity index (χ3v) is 5.69. The van der Waals surface area contributed by atoms with E-state index in [1.165, 1.54) is 45.6 Å². The van der Waals surface area contributed by atoms with Crippen molar-refractivity contribution in [2.24, 2.45) is 5.16 Å². The number of benzene rings is 3. The van der Waals surface area contributed by atoms with Crippen LogP contribution in [0.4, 0.5) is 5.69 Å². The molecule has 1 aromatic heterocycles. The molecule has 0 atom stereocenters. The molecular formula is C27H24N3O8-. The highest BCUT2D eigenvalue weighted by Crippen LogP contribution is 2.35. The summed E-state index contributed by atoms with van der Waals surface area (Å²) in [5.74, 6) is 1.17. The molecule has 3 aromatic carbocycles. The number of hydrogen-bond donors (Lipinski definition) is 1. The Hall–Kier alpha value is -4.87. The van der Waals surface area contributed by atoms with Crippen molar-refractivity contribution < 1.29 is 33.8 Å². The Bertz CT molecular complexity index is 1490. The molecule has 0 amide bonds. The molecule has 0 unspecified atom stereocenters. The van der Waals surface area contributed by atoms with Gasteiger partial charge in [0.1, 0.15) is 11.4 Å². The van der Waals surface area contributed by atoms with Gasteiger partial charge in [-0.2, -0.15) is 0 Å². The molecule has 0 saturated carbocycles. The molecular weight excluding hydrogens is 494 g/mol. The molecule has 1 heterocycles. The maximum Gasteiger partial charge on any atom is 0.365 e. The van der Waals surface area contributed by atoms with Gasteiger partial charge < -0.3 is 34.2 Å². The van der Waals surface area contributed by atoms with Crippen molar-refractivity contribution in [1.82, 2.24) is 4.98 Å². The van der Waals surface area contributed by atoms with Crippen molar-refractivity contribution in [3.8, 4) is 23.0 Å². The second-order valence-corrected chi connectivity index (χ2v) is 7.80. The van der Waals surface area contributed by atoms with Crippen molar-refractivity contribution in [2.45, 2.75) is 0 Å². The lowest BCUT2D eigenvalue weighted by atomic mass is 10.0. The normalized spacial score (nSPS) is 11.2. The molecule has 0 aliphatic carbocycles. The fraction of sp³-hybridized carbons (Fsp3) is 0.148. The van der Waals surface area contributed by atoms with Crippen LogP contribution in [0.15, 0.2) is 72.0 Å². The van der Waals surface area contributed by atoms with E-state index in [4.69, 9.17) is 29.0 Å². The van der Waals surface area contributed by atoms with Gasteiger partial charge in [0.05, 0.1) is 39.7 Å². The van der Waals surface area contributed by atoms with E-state index in [2.05, 4.69) is 10.1 Å². The number of nitrogens with zero attached hydrogens (tertiary/aromatic N) is 3. The van der Waals surface area contributed by atoms with E-state index in [0.717, 1.165) is 5.39 Å². The Morgan fingerprint density at radius 2 is 1.42 bits per heavy atom. The fourth-order valence-corrected chi connectivity index (χ4v) is 3.77. The lowest BCUT2D eigenvalue weighted by Crippen LogP contribution is -2.11. The first kappa shape index (κ1) is 26.2. The van der Waals surface area contributed by atoms with Crippen LogP contribution in [0.5, 0.6) is 23.0 Å². The van der Waals surface area contributed by atoms with Crippen molar-refractivity contribution in [3.63, 3.8) is 0 Å². The first-order valence-electron chi connectivity index (χ1n) is 11.2. The van der Waals surface area contributed by atoms with Crippen LogP contribution in [0, 0.1) is 5.21 Å². The topological polar surface area (TPSA) is 135 Å². The summed E-state index contributed by atoms with van der Waals surface area (Å²) in [4.78, 5) is 22.6. The molecule has 4 aromatic rings. The monoisotopic (exact) mass is 518 g/mol. The summed E-state index contributed by atoms with van der Waals surface area (Å²) in [6, 6.07) is 15.7. The standard InChI is InChI=1S/C27H24N3O8/c1-34-21-10-7-18(14-22(21)35-2)25(29-38-27(31)16-5-8-19(9-6-16)30(32)33)26-20-15-24(37-4)23(36-3)13-17(20)11-12-28-26/h5-15,32H,1-4H3/q-1. The van der Waals surface area contributed by atoms with E-state index in [0.29, 0.717) is 39.6 Å². The molecule has 0 bridgehead atoms. The number of fused-ring (bicyclic) bond motifs is 1. The van der Waals surface area contributed by atoms with Crippen LogP contribution in [0.1, 0.15) is 21.6 Å². The Kier molecular flexibility index (Phi) is 7.90. The smallest absolute Gasteiger partial charge is 0.365 e. The third kappa shape index (κ3) is 5.28. The first-order valence-corrected chi connectivity index (χ1v) is 11.2. The molecule has 38 heavy (non-hydrogen) atoms. The Labute approximate surface area is 217 Å². The average Bonchev–Trinajstić information content (AvgIpc) is 2.96. The lowest BCUT2D eigenvalue weighted by molar-refractivity contribution is 0.0517. The van der Waals surface area contributed by atoms with Crippen LogP contribution in [-0.4, -0.2) is 50.3 Å². The van der Waals surface area contributed by atoms with Gasteiger partial charge in [-0.3, -0.25) is 10.2 Å². The summed E-state index contributed by atoms with van der Waals surface area (Å²) in [7, 11) is 6.10. The Morgan fingerprint density at radius 1 is 0.816 bits per heavy atom. The predicted molar refractivity (Wildman–Crippen MR) is 140 cm³/mol. The molecule has 0 aliphatic rings. The molecule has 1 N–H and O–H groups in total. The van der Waals surface area contributed by atoms with Crippen LogP contribution in [-0.2, 0) is 4.84 Å². The first-order chi connectivity index (χ1) is 18.4. The maximum atomic E-state index is 12.8. The van der Waals surface area contributed by atoms with E-state index >= 15 is 0 Å². The molecule has 0 saturated heterocycles. The number of rotatable bonds is 9. The minimum absolute atomic E-state index is 0.0413. The lowest BCUT2D eigenvalue weighted by Gasteiger charge is -2.21. The van der Waals surface area contributed by atoms with Gasteiger partial charge in [-0.25, -0.2) is 4.79 Å². The minimum Gasteiger partial charge on any atom is -0.733 e. The van der Waals surface area contributed by atoms with E-state index in [1.54, 1.807) is 49.7 Å². The highest BCUT2D eigenvalue weighted by Gasteiger charge is 2.19. The van der Waals surface area contributed by atoms with E-state index < -0.39 is 5.97 Å². The fourth-order valence-electron chi connectivity index (χ4n) is 3.77. The molecule has 0 aliphatic heterocycles. The number of anilines is 1. The second kappa shape index (κ2) is 11.5. The number of carbonyl (C=O) groups is 1. The number of ether oxygens (including phenoxy) is 4. The summed E-state index contributed by atoms with van der Waals surface area (Å²) >= 11 is 0. The molecule has 4 rings (SSSR count). The number of aromatic nitrogens is 1. The van der Waals surface area contributed by atoms with E-state index in [-0.39, 0.29) is 22.2 Å². The van der Waals surface area contributed by atoms with Crippen molar-refractivity contribution in [2.75, 3.05) is 33.7 Å². The van der Waals surface area contributed by atoms with Crippen molar-refractivity contribution >= 4 is 28.1 Å². The predicted octanol–water partition coefficient (Wildman–Crippen LogP) is 4.57. The number of carbonyl (C=O) groups excluding carboxylic acids is 1. The molecule has 196 valence electrons. The Morgan fingerprint density at radius 3 is 2.05 bits per heavy atom.